The monoisotopic (exact) mass is 498 g/mol. The van der Waals surface area contributed by atoms with E-state index in [0.29, 0.717) is 31.2 Å². The van der Waals surface area contributed by atoms with Crippen LogP contribution in [0.5, 0.6) is 0 Å². The minimum absolute atomic E-state index is 0.0832. The number of benzene rings is 1. The van der Waals surface area contributed by atoms with Crippen LogP contribution in [0.1, 0.15) is 41.6 Å². The summed E-state index contributed by atoms with van der Waals surface area (Å²) in [6.45, 7) is 5.05. The van der Waals surface area contributed by atoms with Crippen LogP contribution in [0.25, 0.3) is 0 Å². The Labute approximate surface area is 210 Å². The van der Waals surface area contributed by atoms with E-state index in [4.69, 9.17) is 0 Å². The maximum absolute atomic E-state index is 13.4. The molecule has 4 rings (SSSR count). The molecule has 0 aromatic heterocycles. The zero-order valence-corrected chi connectivity index (χ0v) is 20.6. The van der Waals surface area contributed by atoms with Gasteiger partial charge in [0.2, 0.25) is 11.8 Å². The van der Waals surface area contributed by atoms with Gasteiger partial charge in [0.25, 0.3) is 11.8 Å². The highest BCUT2D eigenvalue weighted by atomic mass is 16.2. The molecular formula is C25H34N6O5. The summed E-state index contributed by atoms with van der Waals surface area (Å²) in [4.78, 5) is 67.1. The van der Waals surface area contributed by atoms with Gasteiger partial charge in [-0.2, -0.15) is 0 Å². The largest absolute Gasteiger partial charge is 0.347 e. The lowest BCUT2D eigenvalue weighted by Crippen LogP contribution is -2.63. The number of hydrazine groups is 1. The molecule has 194 valence electrons. The van der Waals surface area contributed by atoms with Gasteiger partial charge in [0.1, 0.15) is 18.4 Å². The molecule has 1 aromatic carbocycles. The number of aldehydes is 1. The number of nitrogens with one attached hydrogen (secondary N) is 2. The molecule has 0 spiro atoms. The van der Waals surface area contributed by atoms with E-state index in [1.165, 1.54) is 10.0 Å². The van der Waals surface area contributed by atoms with Crippen LogP contribution in [0.4, 0.5) is 0 Å². The van der Waals surface area contributed by atoms with Crippen molar-refractivity contribution in [2.24, 2.45) is 0 Å². The number of fused-ring (bicyclic) bond motifs is 1. The van der Waals surface area contributed by atoms with E-state index in [1.807, 2.05) is 12.1 Å². The second-order valence-corrected chi connectivity index (χ2v) is 9.61. The minimum Gasteiger partial charge on any atom is -0.347 e. The van der Waals surface area contributed by atoms with Crippen molar-refractivity contribution in [3.8, 4) is 0 Å². The van der Waals surface area contributed by atoms with Gasteiger partial charge in [-0.3, -0.25) is 29.1 Å². The molecule has 0 saturated carbocycles. The number of hydrogen-bond acceptors (Lipinski definition) is 7. The van der Waals surface area contributed by atoms with Crippen LogP contribution in [0, 0.1) is 0 Å². The first kappa shape index (κ1) is 25.8. The summed E-state index contributed by atoms with van der Waals surface area (Å²) in [5.41, 5.74) is 1.54. The first-order valence-corrected chi connectivity index (χ1v) is 12.5. The number of hydrogen-bond donors (Lipinski definition) is 2. The van der Waals surface area contributed by atoms with E-state index in [1.54, 1.807) is 12.1 Å². The van der Waals surface area contributed by atoms with Crippen molar-refractivity contribution < 1.29 is 24.0 Å². The highest BCUT2D eigenvalue weighted by Crippen LogP contribution is 2.25. The molecule has 0 bridgehead atoms. The van der Waals surface area contributed by atoms with Crippen molar-refractivity contribution in [1.82, 2.24) is 30.5 Å². The third-order valence-corrected chi connectivity index (χ3v) is 7.05. The van der Waals surface area contributed by atoms with Crippen molar-refractivity contribution in [2.75, 3.05) is 46.3 Å². The van der Waals surface area contributed by atoms with Crippen LogP contribution in [0.3, 0.4) is 0 Å². The Morgan fingerprint density at radius 3 is 2.44 bits per heavy atom. The number of carbonyl (C=O) groups is 5. The zero-order chi connectivity index (χ0) is 25.7. The van der Waals surface area contributed by atoms with Gasteiger partial charge in [-0.25, -0.2) is 5.01 Å². The summed E-state index contributed by atoms with van der Waals surface area (Å²) in [5, 5.41) is 7.75. The second-order valence-electron chi connectivity index (χ2n) is 9.61. The van der Waals surface area contributed by atoms with Gasteiger partial charge in [0.15, 0.2) is 0 Å². The highest BCUT2D eigenvalue weighted by Gasteiger charge is 2.44. The summed E-state index contributed by atoms with van der Waals surface area (Å²) in [6, 6.07) is 5.50. The third-order valence-electron chi connectivity index (χ3n) is 7.05. The minimum atomic E-state index is -0.934. The Morgan fingerprint density at radius 1 is 1.03 bits per heavy atom. The number of piperazine rings is 1. The molecule has 4 amide bonds. The Balaban J connectivity index is 1.42. The Bertz CT molecular complexity index is 991. The molecular weight excluding hydrogens is 464 g/mol. The third kappa shape index (κ3) is 5.90. The molecule has 0 aliphatic carbocycles. The van der Waals surface area contributed by atoms with E-state index in [2.05, 4.69) is 27.5 Å². The SMILES string of the molecule is CN1CCN(Cc2ccc(C(=O)N[C@H]3CCC(=O)N4CCC[C@@H](C(=O)NCC=O)N4C3=O)cc2)CC1. The summed E-state index contributed by atoms with van der Waals surface area (Å²) < 4.78 is 0. The average molecular weight is 499 g/mol. The fourth-order valence-electron chi connectivity index (χ4n) is 4.93. The number of amides is 4. The highest BCUT2D eigenvalue weighted by molar-refractivity contribution is 5.99. The maximum Gasteiger partial charge on any atom is 0.264 e. The van der Waals surface area contributed by atoms with Crippen molar-refractivity contribution in [1.29, 1.82) is 0 Å². The fourth-order valence-corrected chi connectivity index (χ4v) is 4.93. The van der Waals surface area contributed by atoms with E-state index >= 15 is 0 Å². The lowest BCUT2D eigenvalue weighted by Gasteiger charge is -2.42. The summed E-state index contributed by atoms with van der Waals surface area (Å²) in [6.07, 6.45) is 1.73. The Kier molecular flexibility index (Phi) is 8.32. The Hall–Kier alpha value is -3.31. The molecule has 0 unspecified atom stereocenters. The van der Waals surface area contributed by atoms with Crippen LogP contribution in [-0.4, -0.2) is 108 Å². The fraction of sp³-hybridized carbons (Fsp3) is 0.560. The zero-order valence-electron chi connectivity index (χ0n) is 20.6. The maximum atomic E-state index is 13.4. The molecule has 36 heavy (non-hydrogen) atoms. The van der Waals surface area contributed by atoms with Crippen molar-refractivity contribution in [3.63, 3.8) is 0 Å². The number of nitrogens with zero attached hydrogens (tertiary/aromatic N) is 4. The second kappa shape index (κ2) is 11.6. The van der Waals surface area contributed by atoms with Crippen LogP contribution < -0.4 is 10.6 Å². The van der Waals surface area contributed by atoms with Gasteiger partial charge >= 0.3 is 0 Å². The predicted octanol–water partition coefficient (Wildman–Crippen LogP) is -0.624. The molecule has 3 fully saturated rings. The number of likely N-dealkylation sites (N-methyl/N-ethyl adjacent to an activating group) is 1. The smallest absolute Gasteiger partial charge is 0.264 e. The number of rotatable bonds is 7. The lowest BCUT2D eigenvalue weighted by atomic mass is 10.1. The quantitative estimate of drug-likeness (QED) is 0.480. The average Bonchev–Trinajstić information content (AvgIpc) is 3.01. The van der Waals surface area contributed by atoms with E-state index in [0.717, 1.165) is 38.3 Å². The van der Waals surface area contributed by atoms with Crippen LogP contribution in [0.2, 0.25) is 0 Å². The molecule has 2 N–H and O–H groups in total. The van der Waals surface area contributed by atoms with Gasteiger partial charge in [-0.05, 0) is 44.0 Å². The van der Waals surface area contributed by atoms with Crippen LogP contribution in [0.15, 0.2) is 24.3 Å². The van der Waals surface area contributed by atoms with Gasteiger partial charge in [0, 0.05) is 51.3 Å². The van der Waals surface area contributed by atoms with E-state index in [-0.39, 0.29) is 25.3 Å². The normalized spacial score (nSPS) is 23.6. The molecule has 3 saturated heterocycles. The van der Waals surface area contributed by atoms with Gasteiger partial charge < -0.3 is 20.3 Å². The summed E-state index contributed by atoms with van der Waals surface area (Å²) >= 11 is 0. The topological polar surface area (TPSA) is 122 Å². The molecule has 3 aliphatic rings. The first-order chi connectivity index (χ1) is 17.4. The molecule has 2 atom stereocenters. The van der Waals surface area contributed by atoms with Crippen LogP contribution in [-0.2, 0) is 25.7 Å². The van der Waals surface area contributed by atoms with Gasteiger partial charge in [-0.1, -0.05) is 12.1 Å². The standard InChI is InChI=1S/C25H34N6O5/c1-28-12-14-29(15-13-28)17-18-4-6-19(7-5-18)23(34)27-20-8-9-22(33)30-11-2-3-21(31(30)25(20)36)24(35)26-10-16-32/h4-7,16,20-21H,2-3,8-15,17H2,1H3,(H,26,35)(H,27,34)/t20-,21-/m0/s1. The molecule has 11 nitrogen and oxygen atoms in total. The molecule has 0 radical (unpaired) electrons. The van der Waals surface area contributed by atoms with E-state index < -0.39 is 29.8 Å². The number of carbonyl (C=O) groups excluding carboxylic acids is 5. The van der Waals surface area contributed by atoms with Crippen molar-refractivity contribution >= 4 is 29.9 Å². The summed E-state index contributed by atoms with van der Waals surface area (Å²) in [7, 11) is 2.12. The summed E-state index contributed by atoms with van der Waals surface area (Å²) in [5.74, 6) is -1.65. The van der Waals surface area contributed by atoms with Crippen molar-refractivity contribution in [2.45, 2.75) is 44.3 Å². The molecule has 3 aliphatic heterocycles. The lowest BCUT2D eigenvalue weighted by molar-refractivity contribution is -0.176. The first-order valence-electron chi connectivity index (χ1n) is 12.5. The molecule has 3 heterocycles. The molecule has 11 heteroatoms. The van der Waals surface area contributed by atoms with Crippen molar-refractivity contribution in [3.05, 3.63) is 35.4 Å². The van der Waals surface area contributed by atoms with Gasteiger partial charge in [-0.15, -0.1) is 0 Å². The molecule has 1 aromatic rings. The van der Waals surface area contributed by atoms with E-state index in [9.17, 15) is 24.0 Å². The predicted molar refractivity (Wildman–Crippen MR) is 130 cm³/mol. The Morgan fingerprint density at radius 2 is 1.75 bits per heavy atom. The van der Waals surface area contributed by atoms with Gasteiger partial charge in [0.05, 0.1) is 6.54 Å². The van der Waals surface area contributed by atoms with Crippen LogP contribution >= 0.6 is 0 Å².